The average Bonchev–Trinajstić information content (AvgIpc) is 2.13. The number of rotatable bonds is 3. The fourth-order valence-electron chi connectivity index (χ4n) is 1.29. The van der Waals surface area contributed by atoms with Gasteiger partial charge < -0.3 is 5.11 Å². The molecule has 1 heterocycles. The zero-order chi connectivity index (χ0) is 14.1. The van der Waals surface area contributed by atoms with Crippen LogP contribution in [0.25, 0.3) is 0 Å². The monoisotopic (exact) mass is 381 g/mol. The SMILES string of the molecule is O=C(O)Cc1cnc(C(F)F)c(I)c1C(F)(F)F. The second kappa shape index (κ2) is 5.33. The number of pyridine rings is 1. The molecule has 0 bridgehead atoms. The second-order valence-electron chi connectivity index (χ2n) is 3.23. The van der Waals surface area contributed by atoms with E-state index >= 15 is 0 Å². The molecule has 0 aromatic carbocycles. The fraction of sp³-hybridized carbons (Fsp3) is 0.333. The van der Waals surface area contributed by atoms with Crippen LogP contribution in [0.4, 0.5) is 22.0 Å². The Kier molecular flexibility index (Phi) is 4.46. The Labute approximate surface area is 111 Å². The van der Waals surface area contributed by atoms with Crippen LogP contribution in [0.15, 0.2) is 6.20 Å². The molecule has 0 spiro atoms. The summed E-state index contributed by atoms with van der Waals surface area (Å²) in [6, 6.07) is 0. The van der Waals surface area contributed by atoms with E-state index in [1.807, 2.05) is 0 Å². The van der Waals surface area contributed by atoms with Gasteiger partial charge in [-0.2, -0.15) is 13.2 Å². The molecule has 0 amide bonds. The maximum absolute atomic E-state index is 12.7. The Morgan fingerprint density at radius 2 is 2.00 bits per heavy atom. The fourth-order valence-corrected chi connectivity index (χ4v) is 2.32. The highest BCUT2D eigenvalue weighted by atomic mass is 127. The summed E-state index contributed by atoms with van der Waals surface area (Å²) in [5, 5.41) is 8.48. The lowest BCUT2D eigenvalue weighted by molar-refractivity contribution is -0.140. The molecule has 0 fully saturated rings. The predicted octanol–water partition coefficient (Wildman–Crippen LogP) is 3.27. The lowest BCUT2D eigenvalue weighted by Gasteiger charge is -2.15. The number of aliphatic carboxylic acids is 1. The molecule has 3 nitrogen and oxygen atoms in total. The minimum Gasteiger partial charge on any atom is -0.481 e. The third kappa shape index (κ3) is 3.27. The van der Waals surface area contributed by atoms with Crippen LogP contribution in [0, 0.1) is 3.57 Å². The van der Waals surface area contributed by atoms with Gasteiger partial charge in [-0.3, -0.25) is 9.78 Å². The van der Waals surface area contributed by atoms with Crippen LogP contribution < -0.4 is 0 Å². The van der Waals surface area contributed by atoms with Crippen molar-refractivity contribution < 1.29 is 31.9 Å². The lowest BCUT2D eigenvalue weighted by atomic mass is 10.1. The summed E-state index contributed by atoms with van der Waals surface area (Å²) in [5.74, 6) is -1.50. The Morgan fingerprint density at radius 3 is 2.39 bits per heavy atom. The number of carboxylic acids is 1. The Morgan fingerprint density at radius 1 is 1.44 bits per heavy atom. The van der Waals surface area contributed by atoms with E-state index in [1.54, 1.807) is 0 Å². The molecule has 1 N–H and O–H groups in total. The quantitative estimate of drug-likeness (QED) is 0.646. The normalized spacial score (nSPS) is 11.9. The van der Waals surface area contributed by atoms with Gasteiger partial charge in [0.1, 0.15) is 5.69 Å². The summed E-state index contributed by atoms with van der Waals surface area (Å²) in [6.07, 6.45) is -8.47. The molecular weight excluding hydrogens is 376 g/mol. The van der Waals surface area contributed by atoms with Gasteiger partial charge in [-0.15, -0.1) is 0 Å². The molecule has 9 heteroatoms. The second-order valence-corrected chi connectivity index (χ2v) is 4.31. The highest BCUT2D eigenvalue weighted by Gasteiger charge is 2.38. The van der Waals surface area contributed by atoms with Gasteiger partial charge in [0.15, 0.2) is 0 Å². The van der Waals surface area contributed by atoms with Gasteiger partial charge in [0, 0.05) is 6.20 Å². The first kappa shape index (κ1) is 15.1. The third-order valence-electron chi connectivity index (χ3n) is 1.96. The van der Waals surface area contributed by atoms with Gasteiger partial charge in [-0.1, -0.05) is 0 Å². The molecule has 0 saturated heterocycles. The maximum Gasteiger partial charge on any atom is 0.417 e. The summed E-state index contributed by atoms with van der Waals surface area (Å²) in [4.78, 5) is 13.6. The smallest absolute Gasteiger partial charge is 0.417 e. The maximum atomic E-state index is 12.7. The molecule has 0 aliphatic carbocycles. The predicted molar refractivity (Wildman–Crippen MR) is 58.3 cm³/mol. The van der Waals surface area contributed by atoms with Crippen LogP contribution in [-0.2, 0) is 17.4 Å². The summed E-state index contributed by atoms with van der Waals surface area (Å²) >= 11 is 1.10. The van der Waals surface area contributed by atoms with E-state index in [-0.39, 0.29) is 0 Å². The van der Waals surface area contributed by atoms with Crippen LogP contribution in [0.1, 0.15) is 23.2 Å². The van der Waals surface area contributed by atoms with Crippen molar-refractivity contribution >= 4 is 28.6 Å². The van der Waals surface area contributed by atoms with Crippen LogP contribution in [-0.4, -0.2) is 16.1 Å². The largest absolute Gasteiger partial charge is 0.481 e. The van der Waals surface area contributed by atoms with Crippen molar-refractivity contribution in [3.8, 4) is 0 Å². The van der Waals surface area contributed by atoms with E-state index in [2.05, 4.69) is 4.98 Å². The summed E-state index contributed by atoms with van der Waals surface area (Å²) in [6.45, 7) is 0. The van der Waals surface area contributed by atoms with E-state index in [0.29, 0.717) is 6.20 Å². The number of halogens is 6. The van der Waals surface area contributed by atoms with Crippen molar-refractivity contribution in [2.24, 2.45) is 0 Å². The molecule has 18 heavy (non-hydrogen) atoms. The number of carbonyl (C=O) groups is 1. The number of nitrogens with zero attached hydrogens (tertiary/aromatic N) is 1. The van der Waals surface area contributed by atoms with Gasteiger partial charge in [-0.25, -0.2) is 8.78 Å². The van der Waals surface area contributed by atoms with Crippen LogP contribution in [0.5, 0.6) is 0 Å². The van der Waals surface area contributed by atoms with Crippen LogP contribution in [0.2, 0.25) is 0 Å². The first-order valence-corrected chi connectivity index (χ1v) is 5.47. The molecule has 0 atom stereocenters. The topological polar surface area (TPSA) is 50.2 Å². The summed E-state index contributed by atoms with van der Waals surface area (Å²) in [7, 11) is 0. The van der Waals surface area contributed by atoms with Gasteiger partial charge in [-0.05, 0) is 28.2 Å². The molecular formula is C9H5F5INO2. The standard InChI is InChI=1S/C9H5F5INO2/c10-8(11)7-6(15)5(9(12,13)14)3(2-16-7)1-4(17)18/h2,8H,1H2,(H,17,18). The van der Waals surface area contributed by atoms with Crippen molar-refractivity contribution in [2.75, 3.05) is 0 Å². The van der Waals surface area contributed by atoms with Crippen LogP contribution in [0.3, 0.4) is 0 Å². The molecule has 1 aromatic rings. The summed E-state index contributed by atoms with van der Waals surface area (Å²) < 4.78 is 62.3. The van der Waals surface area contributed by atoms with Crippen molar-refractivity contribution in [1.29, 1.82) is 0 Å². The Hall–Kier alpha value is -1.00. The number of carboxylic acid groups (broad SMARTS) is 1. The zero-order valence-corrected chi connectivity index (χ0v) is 10.6. The van der Waals surface area contributed by atoms with Crippen molar-refractivity contribution in [3.63, 3.8) is 0 Å². The lowest BCUT2D eigenvalue weighted by Crippen LogP contribution is -2.17. The van der Waals surface area contributed by atoms with Gasteiger partial charge in [0.25, 0.3) is 6.43 Å². The molecule has 0 radical (unpaired) electrons. The van der Waals surface area contributed by atoms with Crippen molar-refractivity contribution in [1.82, 2.24) is 4.98 Å². The average molecular weight is 381 g/mol. The van der Waals surface area contributed by atoms with E-state index in [0.717, 1.165) is 22.6 Å². The zero-order valence-electron chi connectivity index (χ0n) is 8.43. The highest BCUT2D eigenvalue weighted by molar-refractivity contribution is 14.1. The number of hydrogen-bond donors (Lipinski definition) is 1. The van der Waals surface area contributed by atoms with E-state index in [9.17, 15) is 26.7 Å². The first-order chi connectivity index (χ1) is 8.14. The van der Waals surface area contributed by atoms with Gasteiger partial charge in [0.05, 0.1) is 15.6 Å². The minimum absolute atomic E-state index is 0.528. The van der Waals surface area contributed by atoms with Crippen molar-refractivity contribution in [2.45, 2.75) is 19.0 Å². The Bertz CT molecular complexity index is 475. The van der Waals surface area contributed by atoms with E-state index in [1.165, 1.54) is 0 Å². The van der Waals surface area contributed by atoms with Crippen molar-refractivity contribution in [3.05, 3.63) is 26.6 Å². The third-order valence-corrected chi connectivity index (χ3v) is 3.05. The van der Waals surface area contributed by atoms with Crippen LogP contribution >= 0.6 is 22.6 Å². The molecule has 0 unspecified atom stereocenters. The van der Waals surface area contributed by atoms with Gasteiger partial charge >= 0.3 is 12.1 Å². The number of hydrogen-bond acceptors (Lipinski definition) is 2. The summed E-state index contributed by atoms with van der Waals surface area (Å²) in [5.41, 5.74) is -3.00. The molecule has 0 saturated carbocycles. The van der Waals surface area contributed by atoms with E-state index in [4.69, 9.17) is 5.11 Å². The molecule has 100 valence electrons. The minimum atomic E-state index is -4.91. The molecule has 0 aliphatic heterocycles. The number of aromatic nitrogens is 1. The van der Waals surface area contributed by atoms with E-state index < -0.39 is 45.4 Å². The Balaban J connectivity index is 3.47. The number of alkyl halides is 5. The van der Waals surface area contributed by atoms with Gasteiger partial charge in [0.2, 0.25) is 0 Å². The molecule has 1 aromatic heterocycles. The first-order valence-electron chi connectivity index (χ1n) is 4.39. The highest BCUT2D eigenvalue weighted by Crippen LogP contribution is 2.38. The molecule has 0 aliphatic rings. The molecule has 1 rings (SSSR count).